The largest absolute Gasteiger partial charge is 0.388 e. The van der Waals surface area contributed by atoms with Gasteiger partial charge in [-0.05, 0) is 36.3 Å². The van der Waals surface area contributed by atoms with Gasteiger partial charge in [-0.2, -0.15) is 0 Å². The van der Waals surface area contributed by atoms with Crippen LogP contribution in [0.15, 0.2) is 24.3 Å². The van der Waals surface area contributed by atoms with Crippen LogP contribution in [0.4, 0.5) is 0 Å². The molecule has 0 bridgehead atoms. The lowest BCUT2D eigenvalue weighted by molar-refractivity contribution is 0.146. The van der Waals surface area contributed by atoms with Gasteiger partial charge >= 0.3 is 0 Å². The van der Waals surface area contributed by atoms with Crippen molar-refractivity contribution in [3.63, 3.8) is 0 Å². The molecule has 96 valence electrons. The van der Waals surface area contributed by atoms with E-state index in [1.807, 2.05) is 0 Å². The molecule has 0 fully saturated rings. The predicted octanol–water partition coefficient (Wildman–Crippen LogP) is 4.50. The Kier molecular flexibility index (Phi) is 6.28. The second-order valence-corrected chi connectivity index (χ2v) is 5.11. The number of hydrogen-bond acceptors (Lipinski definition) is 1. The Hall–Kier alpha value is -0.820. The fourth-order valence-corrected chi connectivity index (χ4v) is 1.97. The van der Waals surface area contributed by atoms with Crippen LogP contribution in [0.3, 0.4) is 0 Å². The van der Waals surface area contributed by atoms with Crippen LogP contribution in [0.5, 0.6) is 0 Å². The molecule has 2 unspecified atom stereocenters. The topological polar surface area (TPSA) is 20.2 Å². The standard InChI is InChI=1S/C16H26O/c1-4-6-7-14-8-10-15(11-9-14)16(17)12-13(3)5-2/h8-11,13,16-17H,4-7,12H2,1-3H3. The van der Waals surface area contributed by atoms with E-state index < -0.39 is 0 Å². The lowest BCUT2D eigenvalue weighted by atomic mass is 9.95. The van der Waals surface area contributed by atoms with E-state index in [-0.39, 0.29) is 6.10 Å². The number of aliphatic hydroxyl groups excluding tert-OH is 1. The number of benzene rings is 1. The first kappa shape index (κ1) is 14.2. The maximum Gasteiger partial charge on any atom is 0.0792 e. The van der Waals surface area contributed by atoms with Gasteiger partial charge in [-0.15, -0.1) is 0 Å². The van der Waals surface area contributed by atoms with Crippen molar-refractivity contribution in [1.29, 1.82) is 0 Å². The lowest BCUT2D eigenvalue weighted by Crippen LogP contribution is -2.03. The van der Waals surface area contributed by atoms with Crippen LogP contribution in [0.2, 0.25) is 0 Å². The molecular weight excluding hydrogens is 208 g/mol. The molecule has 0 aliphatic carbocycles. The summed E-state index contributed by atoms with van der Waals surface area (Å²) in [5.41, 5.74) is 2.44. The van der Waals surface area contributed by atoms with Crippen LogP contribution in [0.25, 0.3) is 0 Å². The van der Waals surface area contributed by atoms with Crippen molar-refractivity contribution in [1.82, 2.24) is 0 Å². The van der Waals surface area contributed by atoms with Gasteiger partial charge in [0.25, 0.3) is 0 Å². The molecule has 1 aromatic carbocycles. The minimum absolute atomic E-state index is 0.301. The van der Waals surface area contributed by atoms with E-state index in [0.717, 1.165) is 24.8 Å². The highest BCUT2D eigenvalue weighted by atomic mass is 16.3. The Balaban J connectivity index is 2.54. The van der Waals surface area contributed by atoms with Gasteiger partial charge in [0.15, 0.2) is 0 Å². The van der Waals surface area contributed by atoms with Crippen LogP contribution < -0.4 is 0 Å². The number of aliphatic hydroxyl groups is 1. The van der Waals surface area contributed by atoms with Crippen molar-refractivity contribution in [2.45, 2.75) is 59.0 Å². The molecule has 0 saturated heterocycles. The minimum atomic E-state index is -0.301. The molecule has 0 saturated carbocycles. The minimum Gasteiger partial charge on any atom is -0.388 e. The molecule has 1 aromatic rings. The first-order valence-corrected chi connectivity index (χ1v) is 6.94. The summed E-state index contributed by atoms with van der Waals surface area (Å²) in [6.45, 7) is 6.58. The molecule has 2 atom stereocenters. The van der Waals surface area contributed by atoms with Crippen molar-refractivity contribution in [2.75, 3.05) is 0 Å². The molecule has 0 aromatic heterocycles. The fraction of sp³-hybridized carbons (Fsp3) is 0.625. The molecule has 0 aliphatic rings. The molecule has 1 N–H and O–H groups in total. The van der Waals surface area contributed by atoms with Crippen LogP contribution in [0, 0.1) is 5.92 Å². The fourth-order valence-electron chi connectivity index (χ4n) is 1.97. The summed E-state index contributed by atoms with van der Waals surface area (Å²) in [6.07, 6.45) is 5.33. The van der Waals surface area contributed by atoms with Gasteiger partial charge in [0, 0.05) is 0 Å². The van der Waals surface area contributed by atoms with Gasteiger partial charge in [0.1, 0.15) is 0 Å². The molecule has 0 radical (unpaired) electrons. The average molecular weight is 234 g/mol. The Morgan fingerprint density at radius 3 is 2.29 bits per heavy atom. The van der Waals surface area contributed by atoms with Gasteiger partial charge in [-0.25, -0.2) is 0 Å². The maximum absolute atomic E-state index is 10.1. The number of aryl methyl sites for hydroxylation is 1. The quantitative estimate of drug-likeness (QED) is 0.736. The molecule has 0 aliphatic heterocycles. The van der Waals surface area contributed by atoms with Crippen molar-refractivity contribution in [3.8, 4) is 0 Å². The normalized spacial score (nSPS) is 14.6. The predicted molar refractivity (Wildman–Crippen MR) is 74.1 cm³/mol. The monoisotopic (exact) mass is 234 g/mol. The summed E-state index contributed by atoms with van der Waals surface area (Å²) in [5, 5.41) is 10.1. The maximum atomic E-state index is 10.1. The lowest BCUT2D eigenvalue weighted by Gasteiger charge is -2.15. The number of unbranched alkanes of at least 4 members (excludes halogenated alkanes) is 1. The van der Waals surface area contributed by atoms with Gasteiger partial charge in [0.2, 0.25) is 0 Å². The third kappa shape index (κ3) is 4.91. The Labute approximate surface area is 106 Å². The first-order chi connectivity index (χ1) is 8.17. The van der Waals surface area contributed by atoms with Gasteiger partial charge < -0.3 is 5.11 Å². The molecule has 1 nitrogen and oxygen atoms in total. The molecule has 0 heterocycles. The Morgan fingerprint density at radius 1 is 1.12 bits per heavy atom. The van der Waals surface area contributed by atoms with Crippen molar-refractivity contribution >= 4 is 0 Å². The van der Waals surface area contributed by atoms with E-state index in [2.05, 4.69) is 45.0 Å². The highest BCUT2D eigenvalue weighted by molar-refractivity contribution is 5.24. The SMILES string of the molecule is CCCCc1ccc(C(O)CC(C)CC)cc1. The molecule has 0 amide bonds. The molecular formula is C16H26O. The van der Waals surface area contributed by atoms with E-state index in [9.17, 15) is 5.11 Å². The summed E-state index contributed by atoms with van der Waals surface area (Å²) >= 11 is 0. The van der Waals surface area contributed by atoms with E-state index in [4.69, 9.17) is 0 Å². The zero-order valence-corrected chi connectivity index (χ0v) is 11.4. The molecule has 1 heteroatoms. The third-order valence-corrected chi connectivity index (χ3v) is 3.51. The van der Waals surface area contributed by atoms with Crippen LogP contribution in [0.1, 0.15) is 63.7 Å². The summed E-state index contributed by atoms with van der Waals surface area (Å²) in [6, 6.07) is 8.48. The highest BCUT2D eigenvalue weighted by Crippen LogP contribution is 2.23. The third-order valence-electron chi connectivity index (χ3n) is 3.51. The van der Waals surface area contributed by atoms with E-state index in [1.165, 1.54) is 18.4 Å². The second-order valence-electron chi connectivity index (χ2n) is 5.11. The van der Waals surface area contributed by atoms with Crippen LogP contribution in [-0.4, -0.2) is 5.11 Å². The summed E-state index contributed by atoms with van der Waals surface area (Å²) in [7, 11) is 0. The second kappa shape index (κ2) is 7.50. The summed E-state index contributed by atoms with van der Waals surface area (Å²) < 4.78 is 0. The van der Waals surface area contributed by atoms with Crippen LogP contribution >= 0.6 is 0 Å². The zero-order valence-electron chi connectivity index (χ0n) is 11.4. The van der Waals surface area contributed by atoms with Gasteiger partial charge in [-0.1, -0.05) is 57.9 Å². The van der Waals surface area contributed by atoms with Crippen LogP contribution in [-0.2, 0) is 6.42 Å². The van der Waals surface area contributed by atoms with E-state index in [1.54, 1.807) is 0 Å². The Bertz CT molecular complexity index is 302. The zero-order chi connectivity index (χ0) is 12.7. The molecule has 17 heavy (non-hydrogen) atoms. The summed E-state index contributed by atoms with van der Waals surface area (Å²) in [4.78, 5) is 0. The van der Waals surface area contributed by atoms with Crippen molar-refractivity contribution in [3.05, 3.63) is 35.4 Å². The average Bonchev–Trinajstić information content (AvgIpc) is 2.36. The van der Waals surface area contributed by atoms with Gasteiger partial charge in [0.05, 0.1) is 6.10 Å². The summed E-state index contributed by atoms with van der Waals surface area (Å²) in [5.74, 6) is 0.588. The van der Waals surface area contributed by atoms with Crippen molar-refractivity contribution in [2.24, 2.45) is 5.92 Å². The van der Waals surface area contributed by atoms with E-state index >= 15 is 0 Å². The van der Waals surface area contributed by atoms with Gasteiger partial charge in [-0.3, -0.25) is 0 Å². The van der Waals surface area contributed by atoms with E-state index in [0.29, 0.717) is 5.92 Å². The smallest absolute Gasteiger partial charge is 0.0792 e. The number of hydrogen-bond donors (Lipinski definition) is 1. The van der Waals surface area contributed by atoms with Crippen molar-refractivity contribution < 1.29 is 5.11 Å². The highest BCUT2D eigenvalue weighted by Gasteiger charge is 2.10. The molecule has 1 rings (SSSR count). The molecule has 0 spiro atoms. The Morgan fingerprint density at radius 2 is 1.76 bits per heavy atom. The first-order valence-electron chi connectivity index (χ1n) is 6.94. The number of rotatable bonds is 7.